The molecule has 0 saturated carbocycles. The predicted octanol–water partition coefficient (Wildman–Crippen LogP) is 1.75. The lowest BCUT2D eigenvalue weighted by molar-refractivity contribution is -0.926. The number of nitrogens with zero attached hydrogens (tertiary/aromatic N) is 1. The molecule has 0 spiro atoms. The van der Waals surface area contributed by atoms with Crippen LogP contribution in [0.1, 0.15) is 33.6 Å². The maximum absolute atomic E-state index is 11.4. The van der Waals surface area contributed by atoms with Crippen LogP contribution >= 0.6 is 15.9 Å². The molecule has 1 heterocycles. The summed E-state index contributed by atoms with van der Waals surface area (Å²) in [5.74, 6) is 0.455. The van der Waals surface area contributed by atoms with Crippen molar-refractivity contribution in [1.82, 2.24) is 0 Å². The van der Waals surface area contributed by atoms with Crippen molar-refractivity contribution in [3.63, 3.8) is 0 Å². The van der Waals surface area contributed by atoms with Gasteiger partial charge in [0.1, 0.15) is 0 Å². The van der Waals surface area contributed by atoms with Crippen LogP contribution in [0.4, 0.5) is 4.79 Å². The fourth-order valence-electron chi connectivity index (χ4n) is 2.45. The Balaban J connectivity index is 2.96. The van der Waals surface area contributed by atoms with E-state index in [0.717, 1.165) is 18.2 Å². The average molecular weight is 278 g/mol. The number of likely N-dealkylation sites (tertiary alicyclic amines) is 1. The standard InChI is InChI=1S/C11H20BrNO2/c1-11(2,3)13(10(14)15)6-4-5-9(7-12)8-13/h9H,4-8H2,1-3H3/t9-,13?/m0/s1. The van der Waals surface area contributed by atoms with Gasteiger partial charge in [-0.2, -0.15) is 0 Å². The number of alkyl halides is 1. The first-order chi connectivity index (χ1) is 6.83. The highest BCUT2D eigenvalue weighted by Gasteiger charge is 2.45. The van der Waals surface area contributed by atoms with Gasteiger partial charge in [0.15, 0.2) is 0 Å². The number of carboxylic acid groups (broad SMARTS) is 1. The Labute approximate surface area is 100 Å². The summed E-state index contributed by atoms with van der Waals surface area (Å²) in [6.45, 7) is 7.35. The summed E-state index contributed by atoms with van der Waals surface area (Å²) in [5.41, 5.74) is -0.278. The minimum atomic E-state index is -0.923. The van der Waals surface area contributed by atoms with E-state index in [1.165, 1.54) is 0 Å². The summed E-state index contributed by atoms with van der Waals surface area (Å²) in [5, 5.41) is 12.3. The van der Waals surface area contributed by atoms with Crippen molar-refractivity contribution in [2.24, 2.45) is 5.92 Å². The number of carbonyl (C=O) groups excluding carboxylic acids is 1. The van der Waals surface area contributed by atoms with Crippen LogP contribution in [-0.4, -0.2) is 34.5 Å². The van der Waals surface area contributed by atoms with Crippen molar-refractivity contribution < 1.29 is 14.4 Å². The summed E-state index contributed by atoms with van der Waals surface area (Å²) in [7, 11) is 0. The fraction of sp³-hybridized carbons (Fsp3) is 0.909. The Hall–Kier alpha value is -0.0900. The van der Waals surface area contributed by atoms with Crippen LogP contribution in [0.2, 0.25) is 0 Å². The average Bonchev–Trinajstić information content (AvgIpc) is 2.16. The molecule has 3 nitrogen and oxygen atoms in total. The van der Waals surface area contributed by atoms with Crippen molar-refractivity contribution in [2.45, 2.75) is 39.2 Å². The van der Waals surface area contributed by atoms with E-state index in [1.54, 1.807) is 0 Å². The molecule has 1 fully saturated rings. The third kappa shape index (κ3) is 2.36. The lowest BCUT2D eigenvalue weighted by Gasteiger charge is -2.51. The quantitative estimate of drug-likeness (QED) is 0.541. The number of hydrogen-bond acceptors (Lipinski definition) is 2. The lowest BCUT2D eigenvalue weighted by Crippen LogP contribution is -2.70. The van der Waals surface area contributed by atoms with E-state index in [1.807, 2.05) is 20.8 Å². The number of rotatable bonds is 1. The Morgan fingerprint density at radius 3 is 2.53 bits per heavy atom. The molecule has 88 valence electrons. The van der Waals surface area contributed by atoms with Crippen LogP contribution in [0.3, 0.4) is 0 Å². The Kier molecular flexibility index (Phi) is 3.82. The molecule has 1 saturated heterocycles. The van der Waals surface area contributed by atoms with Crippen molar-refractivity contribution in [3.05, 3.63) is 0 Å². The monoisotopic (exact) mass is 277 g/mol. The van der Waals surface area contributed by atoms with E-state index in [9.17, 15) is 9.90 Å². The number of piperidine rings is 1. The van der Waals surface area contributed by atoms with Crippen LogP contribution in [0.15, 0.2) is 0 Å². The molecule has 0 aromatic rings. The summed E-state index contributed by atoms with van der Waals surface area (Å²) in [6, 6.07) is 0. The molecule has 15 heavy (non-hydrogen) atoms. The third-order valence-corrected chi connectivity index (χ3v) is 4.49. The molecule has 1 aliphatic rings. The Morgan fingerprint density at radius 1 is 1.53 bits per heavy atom. The van der Waals surface area contributed by atoms with Crippen LogP contribution in [-0.2, 0) is 0 Å². The molecule has 0 aliphatic carbocycles. The molecule has 0 radical (unpaired) electrons. The Bertz CT molecular complexity index is 249. The number of hydrogen-bond donors (Lipinski definition) is 0. The van der Waals surface area contributed by atoms with Crippen LogP contribution in [0.25, 0.3) is 0 Å². The molecule has 0 aromatic heterocycles. The second-order valence-electron chi connectivity index (χ2n) is 5.47. The van der Waals surface area contributed by atoms with Gasteiger partial charge >= 0.3 is 0 Å². The summed E-state index contributed by atoms with van der Waals surface area (Å²) >= 11 is 3.46. The van der Waals surface area contributed by atoms with Crippen molar-refractivity contribution >= 4 is 22.0 Å². The van der Waals surface area contributed by atoms with Gasteiger partial charge in [-0.25, -0.2) is 0 Å². The SMILES string of the molecule is CC(C)(C)[N+]1(C(=O)[O-])CCC[C@@H](CBr)C1. The highest BCUT2D eigenvalue weighted by Crippen LogP contribution is 2.33. The zero-order valence-electron chi connectivity index (χ0n) is 9.75. The number of halogens is 1. The number of quaternary nitrogens is 1. The van der Waals surface area contributed by atoms with Gasteiger partial charge in [0, 0.05) is 11.2 Å². The van der Waals surface area contributed by atoms with Gasteiger partial charge in [0.05, 0.1) is 18.6 Å². The van der Waals surface area contributed by atoms with Gasteiger partial charge in [0.25, 0.3) is 6.09 Å². The highest BCUT2D eigenvalue weighted by atomic mass is 79.9. The molecule has 0 aromatic carbocycles. The predicted molar refractivity (Wildman–Crippen MR) is 61.7 cm³/mol. The molecule has 0 bridgehead atoms. The summed E-state index contributed by atoms with van der Waals surface area (Å²) in [4.78, 5) is 11.4. The lowest BCUT2D eigenvalue weighted by atomic mass is 9.91. The third-order valence-electron chi connectivity index (χ3n) is 3.57. The number of carbonyl (C=O) groups is 1. The van der Waals surface area contributed by atoms with E-state index in [2.05, 4.69) is 15.9 Å². The van der Waals surface area contributed by atoms with Gasteiger partial charge in [-0.3, -0.25) is 4.48 Å². The normalized spacial score (nSPS) is 32.7. The van der Waals surface area contributed by atoms with Gasteiger partial charge in [0.2, 0.25) is 0 Å². The van der Waals surface area contributed by atoms with Crippen LogP contribution in [0.5, 0.6) is 0 Å². The van der Waals surface area contributed by atoms with E-state index < -0.39 is 6.09 Å². The van der Waals surface area contributed by atoms with Gasteiger partial charge in [-0.05, 0) is 33.6 Å². The van der Waals surface area contributed by atoms with Crippen LogP contribution < -0.4 is 5.11 Å². The topological polar surface area (TPSA) is 40.1 Å². The second-order valence-corrected chi connectivity index (χ2v) is 6.12. The van der Waals surface area contributed by atoms with E-state index in [4.69, 9.17) is 0 Å². The van der Waals surface area contributed by atoms with E-state index >= 15 is 0 Å². The van der Waals surface area contributed by atoms with Crippen molar-refractivity contribution in [1.29, 1.82) is 0 Å². The fourth-order valence-corrected chi connectivity index (χ4v) is 2.98. The zero-order valence-corrected chi connectivity index (χ0v) is 11.3. The van der Waals surface area contributed by atoms with Crippen LogP contribution in [0, 0.1) is 5.92 Å². The smallest absolute Gasteiger partial charge is 0.257 e. The molecule has 0 N–H and O–H groups in total. The molecule has 1 unspecified atom stereocenters. The molecular formula is C11H20BrNO2. The molecule has 4 heteroatoms. The minimum absolute atomic E-state index is 0.100. The van der Waals surface area contributed by atoms with Gasteiger partial charge in [-0.15, -0.1) is 0 Å². The first-order valence-corrected chi connectivity index (χ1v) is 6.60. The summed E-state index contributed by atoms with van der Waals surface area (Å²) < 4.78 is 0.100. The molecule has 2 atom stereocenters. The molecule has 1 rings (SSSR count). The molecular weight excluding hydrogens is 258 g/mol. The zero-order chi connectivity index (χ0) is 11.7. The largest absolute Gasteiger partial charge is 0.498 e. The maximum atomic E-state index is 11.4. The van der Waals surface area contributed by atoms with Gasteiger partial charge < -0.3 is 9.90 Å². The van der Waals surface area contributed by atoms with E-state index in [-0.39, 0.29) is 10.0 Å². The van der Waals surface area contributed by atoms with Gasteiger partial charge in [-0.1, -0.05) is 15.9 Å². The highest BCUT2D eigenvalue weighted by molar-refractivity contribution is 9.09. The van der Waals surface area contributed by atoms with Crippen molar-refractivity contribution in [3.8, 4) is 0 Å². The van der Waals surface area contributed by atoms with Crippen molar-refractivity contribution in [2.75, 3.05) is 18.4 Å². The summed E-state index contributed by atoms with van der Waals surface area (Å²) in [6.07, 6.45) is 1.17. The van der Waals surface area contributed by atoms with E-state index in [0.29, 0.717) is 19.0 Å². The minimum Gasteiger partial charge on any atom is -0.498 e. The Morgan fingerprint density at radius 2 is 2.13 bits per heavy atom. The second kappa shape index (κ2) is 4.42. The molecule has 1 amide bonds. The first-order valence-electron chi connectivity index (χ1n) is 5.48. The first kappa shape index (κ1) is 13.0. The number of amides is 1. The maximum Gasteiger partial charge on any atom is 0.257 e. The molecule has 1 aliphatic heterocycles.